The summed E-state index contributed by atoms with van der Waals surface area (Å²) in [6.07, 6.45) is 1.98. The molecule has 0 aliphatic heterocycles. The van der Waals surface area contributed by atoms with Gasteiger partial charge in [0.25, 0.3) is 0 Å². The maximum absolute atomic E-state index is 12.5. The first-order valence-electron chi connectivity index (χ1n) is 9.84. The molecular weight excluding hydrogens is 426 g/mol. The molecule has 4 aromatic rings. The number of phenolic OH excluding ortho intramolecular Hbond substituents is 1. The number of para-hydroxylation sites is 1. The number of aromatic hydroxyl groups is 1. The van der Waals surface area contributed by atoms with E-state index in [1.165, 1.54) is 11.3 Å². The van der Waals surface area contributed by atoms with Crippen molar-refractivity contribution in [1.82, 2.24) is 4.98 Å². The van der Waals surface area contributed by atoms with Crippen molar-refractivity contribution in [2.24, 2.45) is 5.10 Å². The van der Waals surface area contributed by atoms with Gasteiger partial charge in [-0.1, -0.05) is 24.3 Å². The molecule has 7 nitrogen and oxygen atoms in total. The molecule has 2 heterocycles. The van der Waals surface area contributed by atoms with Crippen LogP contribution in [0.2, 0.25) is 0 Å². The van der Waals surface area contributed by atoms with Crippen LogP contribution in [-0.4, -0.2) is 21.6 Å². The molecule has 0 spiro atoms. The standard InChI is InChI=1S/C24H17N3O4S/c1-13(18-9-14-6-7-17(28)8-16(14)11-21(18)29)26-27-24-25-20(12-32-24)19-10-15-4-2-3-5-22(15)31-23(19)30/h2-10,12,28H,11H2,1H3,(H,25,27)/b26-13-. The van der Waals surface area contributed by atoms with Gasteiger partial charge in [0, 0.05) is 22.8 Å². The van der Waals surface area contributed by atoms with E-state index in [9.17, 15) is 14.7 Å². The van der Waals surface area contributed by atoms with Crippen LogP contribution in [0.15, 0.2) is 73.8 Å². The molecule has 0 saturated carbocycles. The van der Waals surface area contributed by atoms with Crippen LogP contribution in [0.3, 0.4) is 0 Å². The smallest absolute Gasteiger partial charge is 0.345 e. The molecule has 1 aliphatic rings. The lowest BCUT2D eigenvalue weighted by molar-refractivity contribution is -0.114. The van der Waals surface area contributed by atoms with Crippen LogP contribution in [0.5, 0.6) is 5.75 Å². The van der Waals surface area contributed by atoms with E-state index in [-0.39, 0.29) is 18.0 Å². The minimum absolute atomic E-state index is 0.0697. The highest BCUT2D eigenvalue weighted by atomic mass is 32.1. The molecule has 0 atom stereocenters. The molecule has 0 saturated heterocycles. The zero-order valence-corrected chi connectivity index (χ0v) is 17.8. The normalized spacial score (nSPS) is 13.7. The van der Waals surface area contributed by atoms with Gasteiger partial charge in [0.1, 0.15) is 11.3 Å². The highest BCUT2D eigenvalue weighted by Crippen LogP contribution is 2.27. The number of anilines is 1. The molecule has 0 unspecified atom stereocenters. The molecule has 0 radical (unpaired) electrons. The average Bonchev–Trinajstić information content (AvgIpc) is 3.25. The average molecular weight is 443 g/mol. The highest BCUT2D eigenvalue weighted by molar-refractivity contribution is 7.14. The molecule has 2 aromatic carbocycles. The van der Waals surface area contributed by atoms with Gasteiger partial charge in [-0.3, -0.25) is 10.2 Å². The Kier molecular flexibility index (Phi) is 4.91. The monoisotopic (exact) mass is 443 g/mol. The largest absolute Gasteiger partial charge is 0.508 e. The third-order valence-electron chi connectivity index (χ3n) is 5.21. The number of allylic oxidation sites excluding steroid dienone is 1. The van der Waals surface area contributed by atoms with Crippen LogP contribution < -0.4 is 11.1 Å². The summed E-state index contributed by atoms with van der Waals surface area (Å²) in [5, 5.41) is 17.0. The number of nitrogens with zero attached hydrogens (tertiary/aromatic N) is 2. The Bertz CT molecular complexity index is 1500. The van der Waals surface area contributed by atoms with Gasteiger partial charge in [-0.25, -0.2) is 9.78 Å². The van der Waals surface area contributed by atoms with Crippen molar-refractivity contribution in [3.05, 3.63) is 81.0 Å². The van der Waals surface area contributed by atoms with Crippen molar-refractivity contribution in [1.29, 1.82) is 0 Å². The van der Waals surface area contributed by atoms with Crippen LogP contribution in [-0.2, 0) is 11.2 Å². The summed E-state index contributed by atoms with van der Waals surface area (Å²) in [4.78, 5) is 29.3. The Labute approximate surface area is 186 Å². The van der Waals surface area contributed by atoms with Crippen molar-refractivity contribution in [3.63, 3.8) is 0 Å². The van der Waals surface area contributed by atoms with E-state index in [2.05, 4.69) is 15.5 Å². The second-order valence-corrected chi connectivity index (χ2v) is 8.23. The molecule has 158 valence electrons. The fourth-order valence-corrected chi connectivity index (χ4v) is 4.23. The minimum atomic E-state index is -0.456. The van der Waals surface area contributed by atoms with E-state index >= 15 is 0 Å². The van der Waals surface area contributed by atoms with Gasteiger partial charge in [-0.15, -0.1) is 11.3 Å². The lowest BCUT2D eigenvalue weighted by Gasteiger charge is -2.15. The minimum Gasteiger partial charge on any atom is -0.508 e. The lowest BCUT2D eigenvalue weighted by atomic mass is 9.89. The topological polar surface area (TPSA) is 105 Å². The molecule has 0 amide bonds. The summed E-state index contributed by atoms with van der Waals surface area (Å²) in [5.41, 5.74) is 6.50. The van der Waals surface area contributed by atoms with Crippen molar-refractivity contribution < 1.29 is 14.3 Å². The van der Waals surface area contributed by atoms with Gasteiger partial charge in [-0.05, 0) is 48.4 Å². The Hall–Kier alpha value is -4.04. The highest BCUT2D eigenvalue weighted by Gasteiger charge is 2.21. The van der Waals surface area contributed by atoms with E-state index in [0.717, 1.165) is 16.5 Å². The molecule has 1 aliphatic carbocycles. The summed E-state index contributed by atoms with van der Waals surface area (Å²) in [6, 6.07) is 14.0. The number of rotatable bonds is 4. The molecule has 2 N–H and O–H groups in total. The third-order valence-corrected chi connectivity index (χ3v) is 5.96. The maximum atomic E-state index is 12.5. The van der Waals surface area contributed by atoms with Crippen molar-refractivity contribution in [2.45, 2.75) is 13.3 Å². The van der Waals surface area contributed by atoms with Crippen molar-refractivity contribution >= 4 is 45.0 Å². The number of thiazole rings is 1. The number of phenols is 1. The number of nitrogens with one attached hydrogen (secondary N) is 1. The van der Waals surface area contributed by atoms with Crippen LogP contribution in [0.25, 0.3) is 28.3 Å². The van der Waals surface area contributed by atoms with Crippen LogP contribution in [0.1, 0.15) is 18.1 Å². The van der Waals surface area contributed by atoms with Gasteiger partial charge in [0.2, 0.25) is 5.13 Å². The summed E-state index contributed by atoms with van der Waals surface area (Å²) < 4.78 is 5.38. The number of hydrogen-bond acceptors (Lipinski definition) is 8. The molecule has 5 rings (SSSR count). The number of carbonyl (C=O) groups is 1. The van der Waals surface area contributed by atoms with Gasteiger partial charge in [0.05, 0.1) is 17.0 Å². The quantitative estimate of drug-likeness (QED) is 0.271. The van der Waals surface area contributed by atoms with Crippen LogP contribution in [0.4, 0.5) is 5.13 Å². The maximum Gasteiger partial charge on any atom is 0.345 e. The number of hydrazone groups is 1. The number of aromatic nitrogens is 1. The second-order valence-electron chi connectivity index (χ2n) is 7.37. The molecule has 8 heteroatoms. The Balaban J connectivity index is 1.39. The fraction of sp³-hybridized carbons (Fsp3) is 0.0833. The van der Waals surface area contributed by atoms with Gasteiger partial charge < -0.3 is 9.52 Å². The Morgan fingerprint density at radius 2 is 2.03 bits per heavy atom. The van der Waals surface area contributed by atoms with Crippen molar-refractivity contribution in [3.8, 4) is 17.0 Å². The molecule has 0 bridgehead atoms. The lowest BCUT2D eigenvalue weighted by Crippen LogP contribution is -2.18. The number of ketones is 1. The number of hydrogen-bond donors (Lipinski definition) is 2. The molecule has 2 aromatic heterocycles. The van der Waals surface area contributed by atoms with E-state index in [1.807, 2.05) is 18.2 Å². The second kappa shape index (κ2) is 7.90. The summed E-state index contributed by atoms with van der Waals surface area (Å²) >= 11 is 1.30. The summed E-state index contributed by atoms with van der Waals surface area (Å²) in [5.74, 6) is 0.0697. The number of fused-ring (bicyclic) bond motifs is 2. The van der Waals surface area contributed by atoms with E-state index in [4.69, 9.17) is 4.42 Å². The van der Waals surface area contributed by atoms with Gasteiger partial charge in [-0.2, -0.15) is 5.10 Å². The molecule has 0 fully saturated rings. The zero-order chi connectivity index (χ0) is 22.2. The first kappa shape index (κ1) is 19.9. The van der Waals surface area contributed by atoms with Gasteiger partial charge in [0.15, 0.2) is 5.78 Å². The fourth-order valence-electron chi connectivity index (χ4n) is 3.58. The van der Waals surface area contributed by atoms with Crippen LogP contribution >= 0.6 is 11.3 Å². The Morgan fingerprint density at radius 3 is 2.91 bits per heavy atom. The van der Waals surface area contributed by atoms with Gasteiger partial charge >= 0.3 is 5.63 Å². The number of Topliss-reactive ketones (excluding diaryl/α,β-unsaturated/α-hetero) is 1. The first-order valence-corrected chi connectivity index (χ1v) is 10.7. The van der Waals surface area contributed by atoms with E-state index in [0.29, 0.717) is 33.3 Å². The molecule has 32 heavy (non-hydrogen) atoms. The molecular formula is C24H17N3O4S. The zero-order valence-electron chi connectivity index (χ0n) is 17.0. The summed E-state index contributed by atoms with van der Waals surface area (Å²) in [6.45, 7) is 1.74. The Morgan fingerprint density at radius 1 is 1.19 bits per heavy atom. The SMILES string of the molecule is C/C(=N/Nc1nc(-c2cc3ccccc3oc2=O)cs1)C1=Cc2ccc(O)cc2CC1=O. The summed E-state index contributed by atoms with van der Waals surface area (Å²) in [7, 11) is 0. The predicted octanol–water partition coefficient (Wildman–Crippen LogP) is 4.62. The van der Waals surface area contributed by atoms with E-state index in [1.54, 1.807) is 48.7 Å². The first-order chi connectivity index (χ1) is 15.5. The predicted molar refractivity (Wildman–Crippen MR) is 125 cm³/mol. The number of benzene rings is 2. The van der Waals surface area contributed by atoms with Crippen molar-refractivity contribution in [2.75, 3.05) is 5.43 Å². The van der Waals surface area contributed by atoms with E-state index < -0.39 is 5.63 Å². The number of carbonyl (C=O) groups excluding carboxylic acids is 1. The third kappa shape index (κ3) is 3.72. The van der Waals surface area contributed by atoms with Crippen LogP contribution in [0, 0.1) is 0 Å².